The zero-order chi connectivity index (χ0) is 16.8. The van der Waals surface area contributed by atoms with Crippen molar-refractivity contribution in [2.45, 2.75) is 26.4 Å². The second-order valence-electron chi connectivity index (χ2n) is 5.44. The Hall–Kier alpha value is -2.73. The highest BCUT2D eigenvalue weighted by Gasteiger charge is 2.13. The first kappa shape index (κ1) is 16.1. The maximum Gasteiger partial charge on any atom is 0.227 e. The van der Waals surface area contributed by atoms with Gasteiger partial charge < -0.3 is 15.0 Å². The van der Waals surface area contributed by atoms with Gasteiger partial charge in [-0.05, 0) is 24.6 Å². The van der Waals surface area contributed by atoms with Crippen molar-refractivity contribution < 1.29 is 4.74 Å². The van der Waals surface area contributed by atoms with E-state index >= 15 is 0 Å². The van der Waals surface area contributed by atoms with Crippen LogP contribution in [0.25, 0.3) is 11.4 Å². The molecular formula is C18H21N5O. The summed E-state index contributed by atoms with van der Waals surface area (Å²) in [4.78, 5) is 16.9. The van der Waals surface area contributed by atoms with Crippen molar-refractivity contribution in [2.75, 3.05) is 12.4 Å². The summed E-state index contributed by atoms with van der Waals surface area (Å²) in [7, 11) is 1.66. The SMILES string of the molecule is CCCc1nc(COC)[nH]c1-c1ccnc(Nc2ccccc2)n1. The maximum absolute atomic E-state index is 5.17. The second kappa shape index (κ2) is 7.70. The molecule has 0 atom stereocenters. The van der Waals surface area contributed by atoms with Crippen molar-refractivity contribution >= 4 is 11.6 Å². The molecule has 0 saturated carbocycles. The molecule has 2 N–H and O–H groups in total. The summed E-state index contributed by atoms with van der Waals surface area (Å²) in [5.41, 5.74) is 3.71. The molecule has 0 spiro atoms. The van der Waals surface area contributed by atoms with Crippen LogP contribution in [0.4, 0.5) is 11.6 Å². The van der Waals surface area contributed by atoms with Gasteiger partial charge in [0.15, 0.2) is 0 Å². The summed E-state index contributed by atoms with van der Waals surface area (Å²) >= 11 is 0. The molecule has 124 valence electrons. The van der Waals surface area contributed by atoms with Crippen LogP contribution in [-0.4, -0.2) is 27.0 Å². The molecule has 2 heterocycles. The van der Waals surface area contributed by atoms with E-state index in [-0.39, 0.29) is 0 Å². The second-order valence-corrected chi connectivity index (χ2v) is 5.44. The molecule has 0 aliphatic rings. The summed E-state index contributed by atoms with van der Waals surface area (Å²) in [5.74, 6) is 1.37. The largest absolute Gasteiger partial charge is 0.377 e. The molecule has 3 rings (SSSR count). The molecule has 6 nitrogen and oxygen atoms in total. The van der Waals surface area contributed by atoms with Gasteiger partial charge in [0.05, 0.1) is 17.1 Å². The number of aromatic amines is 1. The predicted octanol–water partition coefficient (Wildman–Crippen LogP) is 3.71. The van der Waals surface area contributed by atoms with Crippen LogP contribution in [-0.2, 0) is 17.8 Å². The summed E-state index contributed by atoms with van der Waals surface area (Å²) < 4.78 is 5.17. The number of nitrogens with zero attached hydrogens (tertiary/aromatic N) is 3. The first-order valence-corrected chi connectivity index (χ1v) is 8.02. The third kappa shape index (κ3) is 3.78. The maximum atomic E-state index is 5.17. The van der Waals surface area contributed by atoms with E-state index in [4.69, 9.17) is 4.74 Å². The van der Waals surface area contributed by atoms with E-state index in [2.05, 4.69) is 32.2 Å². The number of benzene rings is 1. The Morgan fingerprint density at radius 2 is 1.96 bits per heavy atom. The van der Waals surface area contributed by atoms with Crippen LogP contribution in [0.2, 0.25) is 0 Å². The molecule has 0 radical (unpaired) electrons. The highest BCUT2D eigenvalue weighted by molar-refractivity contribution is 5.61. The molecule has 0 bridgehead atoms. The van der Waals surface area contributed by atoms with Gasteiger partial charge in [0.25, 0.3) is 0 Å². The van der Waals surface area contributed by atoms with Crippen molar-refractivity contribution in [3.05, 3.63) is 54.1 Å². The molecule has 0 unspecified atom stereocenters. The van der Waals surface area contributed by atoms with E-state index in [9.17, 15) is 0 Å². The van der Waals surface area contributed by atoms with Gasteiger partial charge in [-0.3, -0.25) is 0 Å². The lowest BCUT2D eigenvalue weighted by molar-refractivity contribution is 0.178. The highest BCUT2D eigenvalue weighted by atomic mass is 16.5. The minimum Gasteiger partial charge on any atom is -0.377 e. The van der Waals surface area contributed by atoms with Gasteiger partial charge in [-0.2, -0.15) is 0 Å². The van der Waals surface area contributed by atoms with E-state index in [1.165, 1.54) is 0 Å². The Balaban J connectivity index is 1.90. The zero-order valence-electron chi connectivity index (χ0n) is 13.9. The van der Waals surface area contributed by atoms with Crippen LogP contribution in [0, 0.1) is 0 Å². The number of nitrogens with one attached hydrogen (secondary N) is 2. The van der Waals surface area contributed by atoms with Crippen molar-refractivity contribution in [1.29, 1.82) is 0 Å². The molecule has 3 aromatic rings. The molecule has 0 saturated heterocycles. The van der Waals surface area contributed by atoms with Gasteiger partial charge in [-0.25, -0.2) is 15.0 Å². The van der Waals surface area contributed by atoms with E-state index < -0.39 is 0 Å². The lowest BCUT2D eigenvalue weighted by Crippen LogP contribution is -1.99. The van der Waals surface area contributed by atoms with Crippen LogP contribution in [0.1, 0.15) is 24.9 Å². The normalized spacial score (nSPS) is 10.8. The van der Waals surface area contributed by atoms with Crippen molar-refractivity contribution in [2.24, 2.45) is 0 Å². The molecule has 0 fully saturated rings. The number of H-pyrrole nitrogens is 1. The smallest absolute Gasteiger partial charge is 0.227 e. The topological polar surface area (TPSA) is 75.7 Å². The average Bonchev–Trinajstić information content (AvgIpc) is 2.99. The number of hydrogen-bond acceptors (Lipinski definition) is 5. The Kier molecular flexibility index (Phi) is 5.18. The van der Waals surface area contributed by atoms with Gasteiger partial charge >= 0.3 is 0 Å². The van der Waals surface area contributed by atoms with E-state index in [0.29, 0.717) is 12.6 Å². The quantitative estimate of drug-likeness (QED) is 0.693. The molecule has 0 aliphatic carbocycles. The molecule has 2 aromatic heterocycles. The van der Waals surface area contributed by atoms with Crippen LogP contribution in [0.3, 0.4) is 0 Å². The summed E-state index contributed by atoms with van der Waals surface area (Å²) in [6, 6.07) is 11.8. The third-order valence-corrected chi connectivity index (χ3v) is 3.54. The number of rotatable bonds is 7. The Labute approximate surface area is 141 Å². The first-order chi connectivity index (χ1) is 11.8. The zero-order valence-corrected chi connectivity index (χ0v) is 13.9. The van der Waals surface area contributed by atoms with Gasteiger partial charge in [0.1, 0.15) is 12.4 Å². The van der Waals surface area contributed by atoms with Gasteiger partial charge in [0, 0.05) is 19.0 Å². The number of aryl methyl sites for hydroxylation is 1. The van der Waals surface area contributed by atoms with E-state index in [0.717, 1.165) is 41.4 Å². The minimum absolute atomic E-state index is 0.455. The number of hydrogen-bond donors (Lipinski definition) is 2. The highest BCUT2D eigenvalue weighted by Crippen LogP contribution is 2.23. The molecule has 6 heteroatoms. The van der Waals surface area contributed by atoms with Crippen molar-refractivity contribution in [3.8, 4) is 11.4 Å². The van der Waals surface area contributed by atoms with Crippen molar-refractivity contribution in [1.82, 2.24) is 19.9 Å². The third-order valence-electron chi connectivity index (χ3n) is 3.54. The fourth-order valence-corrected chi connectivity index (χ4v) is 2.51. The van der Waals surface area contributed by atoms with Crippen LogP contribution < -0.4 is 5.32 Å². The summed E-state index contributed by atoms with van der Waals surface area (Å²) in [5, 5.41) is 3.22. The predicted molar refractivity (Wildman–Crippen MR) is 94.0 cm³/mol. The standard InChI is InChI=1S/C18H21N5O/c1-3-7-14-17(23-16(21-14)12-24-2)15-10-11-19-18(22-15)20-13-8-5-4-6-9-13/h4-6,8-11H,3,7,12H2,1-2H3,(H,21,23)(H,19,20,22). The summed E-state index contributed by atoms with van der Waals surface area (Å²) in [6.07, 6.45) is 3.66. The lowest BCUT2D eigenvalue weighted by atomic mass is 10.2. The number of ether oxygens (including phenoxy) is 1. The Morgan fingerprint density at radius 3 is 2.71 bits per heavy atom. The fraction of sp³-hybridized carbons (Fsp3) is 0.278. The number of imidazole rings is 1. The van der Waals surface area contributed by atoms with Crippen LogP contribution in [0.5, 0.6) is 0 Å². The Bertz CT molecular complexity index is 785. The van der Waals surface area contributed by atoms with Gasteiger partial charge in [-0.1, -0.05) is 31.5 Å². The number of methoxy groups -OCH3 is 1. The number of aromatic nitrogens is 4. The summed E-state index contributed by atoms with van der Waals surface area (Å²) in [6.45, 7) is 2.59. The lowest BCUT2D eigenvalue weighted by Gasteiger charge is -2.06. The van der Waals surface area contributed by atoms with E-state index in [1.807, 2.05) is 36.4 Å². The van der Waals surface area contributed by atoms with Crippen LogP contribution >= 0.6 is 0 Å². The van der Waals surface area contributed by atoms with E-state index in [1.54, 1.807) is 13.3 Å². The fourth-order valence-electron chi connectivity index (χ4n) is 2.51. The molecule has 1 aromatic carbocycles. The minimum atomic E-state index is 0.455. The number of para-hydroxylation sites is 1. The first-order valence-electron chi connectivity index (χ1n) is 8.02. The van der Waals surface area contributed by atoms with Gasteiger partial charge in [-0.15, -0.1) is 0 Å². The average molecular weight is 323 g/mol. The molecule has 0 aliphatic heterocycles. The Morgan fingerprint density at radius 1 is 1.12 bits per heavy atom. The molecule has 0 amide bonds. The van der Waals surface area contributed by atoms with Crippen molar-refractivity contribution in [3.63, 3.8) is 0 Å². The van der Waals surface area contributed by atoms with Crippen LogP contribution in [0.15, 0.2) is 42.6 Å². The van der Waals surface area contributed by atoms with Gasteiger partial charge in [0.2, 0.25) is 5.95 Å². The number of anilines is 2. The monoisotopic (exact) mass is 323 g/mol. The molecule has 24 heavy (non-hydrogen) atoms. The molecular weight excluding hydrogens is 302 g/mol.